The Kier molecular flexibility index (Phi) is 6.58. The number of likely N-dealkylation sites (N-methyl/N-ethyl adjacent to an activating group) is 1. The van der Waals surface area contributed by atoms with Crippen molar-refractivity contribution in [1.29, 1.82) is 0 Å². The molecule has 0 saturated heterocycles. The Morgan fingerprint density at radius 2 is 2.16 bits per heavy atom. The van der Waals surface area contributed by atoms with E-state index in [0.29, 0.717) is 16.6 Å². The van der Waals surface area contributed by atoms with Crippen LogP contribution in [0.2, 0.25) is 0 Å². The summed E-state index contributed by atoms with van der Waals surface area (Å²) in [5.74, 6) is 0.764. The van der Waals surface area contributed by atoms with Crippen LogP contribution in [0.25, 0.3) is 0 Å². The van der Waals surface area contributed by atoms with Gasteiger partial charge in [-0.25, -0.2) is 0 Å². The van der Waals surface area contributed by atoms with Crippen molar-refractivity contribution in [3.63, 3.8) is 0 Å². The Hall–Kier alpha value is -0.310. The number of aromatic nitrogens is 2. The molecule has 0 radical (unpaired) electrons. The first kappa shape index (κ1) is 16.7. The van der Waals surface area contributed by atoms with Crippen LogP contribution in [0.3, 0.4) is 0 Å². The van der Waals surface area contributed by atoms with E-state index in [4.69, 9.17) is 0 Å². The highest BCUT2D eigenvalue weighted by molar-refractivity contribution is 8.01. The van der Waals surface area contributed by atoms with Crippen molar-refractivity contribution in [3.05, 3.63) is 0 Å². The molecule has 0 aromatic carbocycles. The van der Waals surface area contributed by atoms with Crippen LogP contribution >= 0.6 is 35.7 Å². The Morgan fingerprint density at radius 3 is 2.68 bits per heavy atom. The van der Waals surface area contributed by atoms with Crippen LogP contribution in [0.5, 0.6) is 0 Å². The second-order valence-corrected chi connectivity index (χ2v) is 8.34. The molecule has 1 N–H and O–H groups in total. The Balaban J connectivity index is 2.25. The van der Waals surface area contributed by atoms with Gasteiger partial charge in [0.25, 0.3) is 0 Å². The summed E-state index contributed by atoms with van der Waals surface area (Å²) in [6, 6.07) is 0. The quantitative estimate of drug-likeness (QED) is 0.452. The lowest BCUT2D eigenvalue weighted by molar-refractivity contribution is -0.869. The molecule has 8 heteroatoms. The molecule has 0 fully saturated rings. The summed E-state index contributed by atoms with van der Waals surface area (Å²) >= 11 is 7.10. The highest BCUT2D eigenvalue weighted by Gasteiger charge is 2.15. The summed E-state index contributed by atoms with van der Waals surface area (Å²) in [5.41, 5.74) is 0. The third kappa shape index (κ3) is 7.14. The number of nitrogens with zero attached hydrogens (tertiary/aromatic N) is 3. The monoisotopic (exact) mass is 321 g/mol. The molecule has 1 aromatic heterocycles. The highest BCUT2D eigenvalue weighted by Crippen LogP contribution is 2.25. The minimum Gasteiger partial charge on any atom is -0.350 e. The van der Waals surface area contributed by atoms with Crippen molar-refractivity contribution in [2.75, 3.05) is 40.0 Å². The van der Waals surface area contributed by atoms with E-state index in [1.54, 1.807) is 11.8 Å². The highest BCUT2D eigenvalue weighted by atomic mass is 32.2. The molecule has 0 spiro atoms. The van der Waals surface area contributed by atoms with Gasteiger partial charge in [0, 0.05) is 11.7 Å². The number of carbonyl (C=O) groups is 1. The molecule has 1 rings (SSSR count). The lowest BCUT2D eigenvalue weighted by Gasteiger charge is -2.24. The van der Waals surface area contributed by atoms with Gasteiger partial charge in [0.15, 0.2) is 8.68 Å². The average Bonchev–Trinajstić information content (AvgIpc) is 2.70. The normalized spacial score (nSPS) is 13.3. The first-order valence-corrected chi connectivity index (χ1v) is 8.26. The van der Waals surface area contributed by atoms with E-state index in [2.05, 4.69) is 49.3 Å². The van der Waals surface area contributed by atoms with Crippen molar-refractivity contribution >= 4 is 41.6 Å². The molecule has 0 aliphatic rings. The van der Waals surface area contributed by atoms with Crippen LogP contribution in [0.4, 0.5) is 0 Å². The summed E-state index contributed by atoms with van der Waals surface area (Å²) in [5, 5.41) is 10.8. The summed E-state index contributed by atoms with van der Waals surface area (Å²) in [6.45, 7) is 3.55. The molecule has 0 aliphatic heterocycles. The molecule has 1 heterocycles. The number of amides is 1. The summed E-state index contributed by atoms with van der Waals surface area (Å²) in [6.07, 6.45) is 0. The molecule has 5 nitrogen and oxygen atoms in total. The molecule has 108 valence electrons. The standard InChI is InChI=1S/C11H20N4OS3/c1-8(7-18-11-14-13-10(17)19-11)9(16)12-5-6-15(2,3)4/h8H,5-7H2,1-4H3,(H-,12,13,16,17)/p+1. The van der Waals surface area contributed by atoms with Crippen molar-refractivity contribution < 1.29 is 9.28 Å². The number of quaternary nitrogens is 1. The molecule has 0 saturated carbocycles. The third-order valence-corrected chi connectivity index (χ3v) is 4.86. The van der Waals surface area contributed by atoms with Gasteiger partial charge >= 0.3 is 0 Å². The number of rotatable bonds is 7. The SMILES string of the molecule is CC(CSc1nnc(S)s1)C(=O)NCC[N+](C)(C)C. The number of carbonyl (C=O) groups excluding carboxylic acids is 1. The maximum atomic E-state index is 11.9. The van der Waals surface area contributed by atoms with E-state index < -0.39 is 0 Å². The second kappa shape index (κ2) is 7.47. The Bertz CT molecular complexity index is 416. The van der Waals surface area contributed by atoms with Gasteiger partial charge in [-0.15, -0.1) is 22.8 Å². The third-order valence-electron chi connectivity index (χ3n) is 2.38. The van der Waals surface area contributed by atoms with Gasteiger partial charge in [-0.2, -0.15) is 0 Å². The van der Waals surface area contributed by atoms with Gasteiger partial charge in [0.05, 0.1) is 34.2 Å². The summed E-state index contributed by atoms with van der Waals surface area (Å²) in [7, 11) is 6.32. The van der Waals surface area contributed by atoms with Crippen LogP contribution in [0.1, 0.15) is 6.92 Å². The number of thioether (sulfide) groups is 1. The molecule has 0 bridgehead atoms. The summed E-state index contributed by atoms with van der Waals surface area (Å²) < 4.78 is 2.36. The van der Waals surface area contributed by atoms with Crippen molar-refractivity contribution in [2.45, 2.75) is 15.6 Å². The van der Waals surface area contributed by atoms with Crippen LogP contribution in [0, 0.1) is 5.92 Å². The van der Waals surface area contributed by atoms with Crippen LogP contribution in [-0.4, -0.2) is 60.6 Å². The van der Waals surface area contributed by atoms with E-state index in [-0.39, 0.29) is 11.8 Å². The van der Waals surface area contributed by atoms with Gasteiger partial charge in [-0.3, -0.25) is 4.79 Å². The van der Waals surface area contributed by atoms with Gasteiger partial charge in [-0.1, -0.05) is 30.0 Å². The molecule has 0 aliphatic carbocycles. The minimum atomic E-state index is -0.0373. The second-order valence-electron chi connectivity index (χ2n) is 5.37. The summed E-state index contributed by atoms with van der Waals surface area (Å²) in [4.78, 5) is 11.9. The van der Waals surface area contributed by atoms with Gasteiger partial charge < -0.3 is 9.80 Å². The van der Waals surface area contributed by atoms with Crippen molar-refractivity contribution in [1.82, 2.24) is 15.5 Å². The molecule has 1 unspecified atom stereocenters. The first-order chi connectivity index (χ1) is 8.78. The topological polar surface area (TPSA) is 54.9 Å². The van der Waals surface area contributed by atoms with E-state index >= 15 is 0 Å². The number of hydrogen-bond donors (Lipinski definition) is 2. The van der Waals surface area contributed by atoms with Crippen LogP contribution < -0.4 is 5.32 Å². The number of thiol groups is 1. The smallest absolute Gasteiger partial charge is 0.223 e. The van der Waals surface area contributed by atoms with E-state index in [0.717, 1.165) is 15.4 Å². The molecule has 1 amide bonds. The lowest BCUT2D eigenvalue weighted by Crippen LogP contribution is -2.43. The zero-order valence-corrected chi connectivity index (χ0v) is 14.2. The fourth-order valence-corrected chi connectivity index (χ4v) is 3.35. The zero-order chi connectivity index (χ0) is 14.5. The predicted molar refractivity (Wildman–Crippen MR) is 83.0 cm³/mol. The van der Waals surface area contributed by atoms with Crippen LogP contribution in [-0.2, 0) is 4.79 Å². The van der Waals surface area contributed by atoms with Crippen LogP contribution in [0.15, 0.2) is 8.68 Å². The van der Waals surface area contributed by atoms with Gasteiger partial charge in [0.1, 0.15) is 0 Å². The van der Waals surface area contributed by atoms with E-state index in [9.17, 15) is 4.79 Å². The molecule has 1 aromatic rings. The number of nitrogens with one attached hydrogen (secondary N) is 1. The fraction of sp³-hybridized carbons (Fsp3) is 0.727. The van der Waals surface area contributed by atoms with Crippen molar-refractivity contribution in [3.8, 4) is 0 Å². The lowest BCUT2D eigenvalue weighted by atomic mass is 10.2. The largest absolute Gasteiger partial charge is 0.350 e. The van der Waals surface area contributed by atoms with E-state index in [1.165, 1.54) is 11.3 Å². The predicted octanol–water partition coefficient (Wildman–Crippen LogP) is 1.38. The Labute approximate surface area is 128 Å². The van der Waals surface area contributed by atoms with Gasteiger partial charge in [-0.05, 0) is 0 Å². The fourth-order valence-electron chi connectivity index (χ4n) is 1.22. The maximum Gasteiger partial charge on any atom is 0.223 e. The van der Waals surface area contributed by atoms with Crippen molar-refractivity contribution in [2.24, 2.45) is 5.92 Å². The maximum absolute atomic E-state index is 11.9. The average molecular weight is 322 g/mol. The molecule has 1 atom stereocenters. The van der Waals surface area contributed by atoms with E-state index in [1.807, 2.05) is 6.92 Å². The zero-order valence-electron chi connectivity index (χ0n) is 11.7. The molecule has 19 heavy (non-hydrogen) atoms. The number of hydrogen-bond acceptors (Lipinski definition) is 6. The molecular weight excluding hydrogens is 300 g/mol. The minimum absolute atomic E-state index is 0.0373. The van der Waals surface area contributed by atoms with Gasteiger partial charge in [0.2, 0.25) is 5.91 Å². The first-order valence-electron chi connectivity index (χ1n) is 6.01. The molecular formula is C11H21N4OS3+. The Morgan fingerprint density at radius 1 is 1.47 bits per heavy atom.